The molecule has 23 heavy (non-hydrogen) atoms. The Morgan fingerprint density at radius 3 is 3.04 bits per heavy atom. The van der Waals surface area contributed by atoms with E-state index < -0.39 is 12.1 Å². The molecule has 2 rings (SSSR count). The van der Waals surface area contributed by atoms with E-state index in [0.29, 0.717) is 24.6 Å². The van der Waals surface area contributed by atoms with Crippen molar-refractivity contribution in [2.75, 3.05) is 19.8 Å². The number of rotatable bonds is 8. The Kier molecular flexibility index (Phi) is 6.94. The summed E-state index contributed by atoms with van der Waals surface area (Å²) in [4.78, 5) is 26.6. The SMILES string of the molecule is CC(OCC1CCCCO1)C(=O)NCCc1nc(C(=O)O)cs1. The van der Waals surface area contributed by atoms with Crippen molar-refractivity contribution in [2.24, 2.45) is 0 Å². The minimum Gasteiger partial charge on any atom is -0.476 e. The van der Waals surface area contributed by atoms with Gasteiger partial charge in [0.2, 0.25) is 5.91 Å². The predicted octanol–water partition coefficient (Wildman–Crippen LogP) is 1.47. The van der Waals surface area contributed by atoms with Crippen molar-refractivity contribution < 1.29 is 24.2 Å². The molecule has 1 aliphatic heterocycles. The number of aromatic nitrogens is 1. The van der Waals surface area contributed by atoms with Crippen LogP contribution in [0, 0.1) is 0 Å². The Bertz CT molecular complexity index is 528. The molecule has 8 heteroatoms. The monoisotopic (exact) mass is 342 g/mol. The van der Waals surface area contributed by atoms with Gasteiger partial charge in [0.1, 0.15) is 6.10 Å². The van der Waals surface area contributed by atoms with E-state index in [0.717, 1.165) is 25.9 Å². The van der Waals surface area contributed by atoms with Crippen molar-refractivity contribution in [1.82, 2.24) is 10.3 Å². The third-order valence-corrected chi connectivity index (χ3v) is 4.49. The summed E-state index contributed by atoms with van der Waals surface area (Å²) in [5, 5.41) is 13.8. The maximum absolute atomic E-state index is 11.9. The maximum atomic E-state index is 11.9. The van der Waals surface area contributed by atoms with Gasteiger partial charge in [0.05, 0.1) is 17.7 Å². The van der Waals surface area contributed by atoms with Gasteiger partial charge in [-0.1, -0.05) is 0 Å². The van der Waals surface area contributed by atoms with Crippen LogP contribution < -0.4 is 5.32 Å². The number of nitrogens with zero attached hydrogens (tertiary/aromatic N) is 1. The van der Waals surface area contributed by atoms with Crippen LogP contribution in [0.2, 0.25) is 0 Å². The van der Waals surface area contributed by atoms with Gasteiger partial charge in [-0.25, -0.2) is 9.78 Å². The zero-order valence-electron chi connectivity index (χ0n) is 13.1. The lowest BCUT2D eigenvalue weighted by Crippen LogP contribution is -2.37. The molecule has 0 bridgehead atoms. The van der Waals surface area contributed by atoms with Gasteiger partial charge in [-0.3, -0.25) is 4.79 Å². The van der Waals surface area contributed by atoms with Crippen LogP contribution in [0.25, 0.3) is 0 Å². The van der Waals surface area contributed by atoms with Gasteiger partial charge in [0.25, 0.3) is 0 Å². The highest BCUT2D eigenvalue weighted by molar-refractivity contribution is 7.09. The van der Waals surface area contributed by atoms with Crippen molar-refractivity contribution in [3.8, 4) is 0 Å². The lowest BCUT2D eigenvalue weighted by Gasteiger charge is -2.23. The zero-order valence-corrected chi connectivity index (χ0v) is 13.9. The van der Waals surface area contributed by atoms with Crippen molar-refractivity contribution >= 4 is 23.2 Å². The number of carboxylic acids is 1. The average molecular weight is 342 g/mol. The molecule has 7 nitrogen and oxygen atoms in total. The molecule has 1 aliphatic rings. The van der Waals surface area contributed by atoms with Crippen molar-refractivity contribution in [3.05, 3.63) is 16.1 Å². The summed E-state index contributed by atoms with van der Waals surface area (Å²) in [7, 11) is 0. The molecule has 0 aromatic carbocycles. The van der Waals surface area contributed by atoms with Crippen LogP contribution in [0.15, 0.2) is 5.38 Å². The fourth-order valence-corrected chi connectivity index (χ4v) is 3.00. The summed E-state index contributed by atoms with van der Waals surface area (Å²) in [6.07, 6.45) is 3.26. The summed E-state index contributed by atoms with van der Waals surface area (Å²) in [6, 6.07) is 0. The zero-order chi connectivity index (χ0) is 16.7. The number of thiazole rings is 1. The standard InChI is InChI=1S/C15H22N2O5S/c1-10(22-8-11-4-2-3-7-21-11)14(18)16-6-5-13-17-12(9-23-13)15(19)20/h9-11H,2-8H2,1H3,(H,16,18)(H,19,20). The summed E-state index contributed by atoms with van der Waals surface area (Å²) < 4.78 is 11.1. The van der Waals surface area contributed by atoms with Gasteiger partial charge in [0.15, 0.2) is 5.69 Å². The molecule has 2 atom stereocenters. The van der Waals surface area contributed by atoms with Crippen LogP contribution in [0.3, 0.4) is 0 Å². The first-order valence-electron chi connectivity index (χ1n) is 7.75. The predicted molar refractivity (Wildman–Crippen MR) is 84.8 cm³/mol. The second-order valence-corrected chi connectivity index (χ2v) is 6.38. The fraction of sp³-hybridized carbons (Fsp3) is 0.667. The minimum absolute atomic E-state index is 0.0421. The van der Waals surface area contributed by atoms with Crippen LogP contribution in [0.4, 0.5) is 0 Å². The quantitative estimate of drug-likeness (QED) is 0.742. The number of carbonyl (C=O) groups excluding carboxylic acids is 1. The third kappa shape index (κ3) is 5.89. The van der Waals surface area contributed by atoms with E-state index in [4.69, 9.17) is 14.6 Å². The van der Waals surface area contributed by atoms with E-state index in [1.165, 1.54) is 16.7 Å². The Labute approximate surface area is 139 Å². The summed E-state index contributed by atoms with van der Waals surface area (Å²) in [5.41, 5.74) is 0.0421. The summed E-state index contributed by atoms with van der Waals surface area (Å²) in [6.45, 7) is 3.31. The first-order valence-corrected chi connectivity index (χ1v) is 8.63. The molecule has 0 saturated carbocycles. The first kappa shape index (κ1) is 17.8. The molecule has 2 unspecified atom stereocenters. The fourth-order valence-electron chi connectivity index (χ4n) is 2.23. The van der Waals surface area contributed by atoms with E-state index >= 15 is 0 Å². The molecule has 0 aliphatic carbocycles. The second-order valence-electron chi connectivity index (χ2n) is 5.44. The molecule has 1 saturated heterocycles. The van der Waals surface area contributed by atoms with Gasteiger partial charge in [-0.2, -0.15) is 0 Å². The Balaban J connectivity index is 1.63. The highest BCUT2D eigenvalue weighted by Gasteiger charge is 2.18. The van der Waals surface area contributed by atoms with Crippen LogP contribution in [-0.2, 0) is 20.7 Å². The molecular formula is C15H22N2O5S. The Hall–Kier alpha value is -1.51. The van der Waals surface area contributed by atoms with Gasteiger partial charge in [0, 0.05) is 25.0 Å². The number of carbonyl (C=O) groups is 2. The number of nitrogens with one attached hydrogen (secondary N) is 1. The van der Waals surface area contributed by atoms with E-state index in [1.54, 1.807) is 6.92 Å². The van der Waals surface area contributed by atoms with E-state index in [1.807, 2.05) is 0 Å². The highest BCUT2D eigenvalue weighted by Crippen LogP contribution is 2.13. The molecule has 0 spiro atoms. The lowest BCUT2D eigenvalue weighted by molar-refractivity contribution is -0.135. The largest absolute Gasteiger partial charge is 0.476 e. The number of hydrogen-bond acceptors (Lipinski definition) is 6. The average Bonchev–Trinajstić information content (AvgIpc) is 3.02. The van der Waals surface area contributed by atoms with Gasteiger partial charge in [-0.05, 0) is 26.2 Å². The van der Waals surface area contributed by atoms with Gasteiger partial charge in [-0.15, -0.1) is 11.3 Å². The van der Waals surface area contributed by atoms with Crippen molar-refractivity contribution in [1.29, 1.82) is 0 Å². The Morgan fingerprint density at radius 1 is 1.57 bits per heavy atom. The molecule has 1 aromatic heterocycles. The number of amides is 1. The second kappa shape index (κ2) is 8.95. The summed E-state index contributed by atoms with van der Waals surface area (Å²) in [5.74, 6) is -1.22. The molecule has 1 fully saturated rings. The van der Waals surface area contributed by atoms with Gasteiger partial charge >= 0.3 is 5.97 Å². The number of ether oxygens (including phenoxy) is 2. The maximum Gasteiger partial charge on any atom is 0.355 e. The van der Waals surface area contributed by atoms with Crippen LogP contribution in [-0.4, -0.2) is 53.9 Å². The molecule has 128 valence electrons. The van der Waals surface area contributed by atoms with Gasteiger partial charge < -0.3 is 19.9 Å². The van der Waals surface area contributed by atoms with E-state index in [9.17, 15) is 9.59 Å². The van der Waals surface area contributed by atoms with Crippen LogP contribution in [0.1, 0.15) is 41.7 Å². The summed E-state index contributed by atoms with van der Waals surface area (Å²) >= 11 is 1.28. The smallest absolute Gasteiger partial charge is 0.355 e. The van der Waals surface area contributed by atoms with E-state index in [-0.39, 0.29) is 17.7 Å². The normalized spacial score (nSPS) is 19.3. The van der Waals surface area contributed by atoms with E-state index in [2.05, 4.69) is 10.3 Å². The van der Waals surface area contributed by atoms with Crippen molar-refractivity contribution in [3.63, 3.8) is 0 Å². The van der Waals surface area contributed by atoms with Crippen molar-refractivity contribution in [2.45, 2.75) is 44.8 Å². The molecule has 1 aromatic rings. The lowest BCUT2D eigenvalue weighted by atomic mass is 10.1. The Morgan fingerprint density at radius 2 is 2.39 bits per heavy atom. The molecular weight excluding hydrogens is 320 g/mol. The van der Waals surface area contributed by atoms with Crippen LogP contribution in [0.5, 0.6) is 0 Å². The number of carboxylic acid groups (broad SMARTS) is 1. The first-order chi connectivity index (χ1) is 11.1. The number of hydrogen-bond donors (Lipinski definition) is 2. The topological polar surface area (TPSA) is 97.8 Å². The minimum atomic E-state index is -1.04. The third-order valence-electron chi connectivity index (χ3n) is 3.58. The van der Waals surface area contributed by atoms with Crippen LogP contribution >= 0.6 is 11.3 Å². The molecule has 0 radical (unpaired) electrons. The molecule has 2 heterocycles. The molecule has 1 amide bonds. The number of aromatic carboxylic acids is 1. The molecule has 2 N–H and O–H groups in total. The highest BCUT2D eigenvalue weighted by atomic mass is 32.1.